The number of ether oxygens (including phenoxy) is 1. The van der Waals surface area contributed by atoms with Gasteiger partial charge in [0.15, 0.2) is 5.96 Å². The topological polar surface area (TPSA) is 69.2 Å². The van der Waals surface area contributed by atoms with Crippen LogP contribution in [0.15, 0.2) is 35.3 Å². The van der Waals surface area contributed by atoms with E-state index in [-0.39, 0.29) is 17.9 Å². The quantitative estimate of drug-likeness (QED) is 0.356. The molecule has 7 heteroatoms. The van der Waals surface area contributed by atoms with Gasteiger partial charge in [-0.1, -0.05) is 43.2 Å². The maximum atomic E-state index is 12.1. The molecule has 1 aliphatic heterocycles. The molecule has 0 spiro atoms. The molecule has 1 saturated carbocycles. The predicted molar refractivity (Wildman–Crippen MR) is 125 cm³/mol. The van der Waals surface area contributed by atoms with Gasteiger partial charge in [-0.15, -0.1) is 0 Å². The fourth-order valence-corrected chi connectivity index (χ4v) is 4.46. The van der Waals surface area contributed by atoms with E-state index in [0.29, 0.717) is 0 Å². The molecule has 0 aromatic heterocycles. The van der Waals surface area contributed by atoms with Crippen LogP contribution in [0.2, 0.25) is 0 Å². The summed E-state index contributed by atoms with van der Waals surface area (Å²) < 4.78 is 5.42. The summed E-state index contributed by atoms with van der Waals surface area (Å²) >= 11 is 0. The fourth-order valence-electron chi connectivity index (χ4n) is 4.46. The maximum absolute atomic E-state index is 12.1. The second kappa shape index (κ2) is 12.1. The highest BCUT2D eigenvalue weighted by Gasteiger charge is 2.35. The second-order valence-corrected chi connectivity index (χ2v) is 8.89. The molecule has 0 radical (unpaired) electrons. The van der Waals surface area contributed by atoms with Crippen molar-refractivity contribution in [3.63, 3.8) is 0 Å². The Morgan fingerprint density at radius 3 is 2.52 bits per heavy atom. The molecule has 0 atom stereocenters. The van der Waals surface area contributed by atoms with Crippen molar-refractivity contribution >= 4 is 11.9 Å². The Hall–Kier alpha value is -2.12. The lowest BCUT2D eigenvalue weighted by Gasteiger charge is -2.31. The summed E-state index contributed by atoms with van der Waals surface area (Å²) in [4.78, 5) is 20.7. The van der Waals surface area contributed by atoms with Gasteiger partial charge in [0.1, 0.15) is 6.54 Å². The Labute approximate surface area is 187 Å². The van der Waals surface area contributed by atoms with Crippen molar-refractivity contribution in [2.75, 3.05) is 66.6 Å². The van der Waals surface area contributed by atoms with Gasteiger partial charge in [0.25, 0.3) is 0 Å². The summed E-state index contributed by atoms with van der Waals surface area (Å²) in [6.45, 7) is 6.55. The van der Waals surface area contributed by atoms with Crippen LogP contribution in [0, 0.1) is 0 Å². The highest BCUT2D eigenvalue weighted by atomic mass is 16.5. The Morgan fingerprint density at radius 1 is 1.13 bits per heavy atom. The van der Waals surface area contributed by atoms with Crippen molar-refractivity contribution in [2.45, 2.75) is 37.5 Å². The number of likely N-dealkylation sites (N-methyl/N-ethyl adjacent to an activating group) is 1. The van der Waals surface area contributed by atoms with Crippen LogP contribution in [0.3, 0.4) is 0 Å². The normalized spacial score (nSPS) is 19.2. The van der Waals surface area contributed by atoms with Gasteiger partial charge < -0.3 is 20.3 Å². The third-order valence-electron chi connectivity index (χ3n) is 6.46. The zero-order valence-electron chi connectivity index (χ0n) is 19.2. The van der Waals surface area contributed by atoms with Crippen molar-refractivity contribution in [1.82, 2.24) is 20.4 Å². The van der Waals surface area contributed by atoms with Gasteiger partial charge in [0.05, 0.1) is 13.2 Å². The number of aliphatic imine (C=N–C) groups is 1. The molecule has 1 saturated heterocycles. The summed E-state index contributed by atoms with van der Waals surface area (Å²) in [6.07, 6.45) is 5.92. The lowest BCUT2D eigenvalue weighted by Crippen LogP contribution is -2.46. The number of carbonyl (C=O) groups excluding carboxylic acids is 1. The minimum absolute atomic E-state index is 0.00746. The van der Waals surface area contributed by atoms with Gasteiger partial charge in [-0.25, -0.2) is 4.99 Å². The lowest BCUT2D eigenvalue weighted by atomic mass is 9.79. The molecule has 3 rings (SSSR count). The van der Waals surface area contributed by atoms with Gasteiger partial charge in [-0.2, -0.15) is 0 Å². The van der Waals surface area contributed by atoms with Crippen LogP contribution in [0.25, 0.3) is 0 Å². The first-order valence-electron chi connectivity index (χ1n) is 11.7. The van der Waals surface area contributed by atoms with Crippen molar-refractivity contribution in [2.24, 2.45) is 4.99 Å². The Balaban J connectivity index is 1.57. The van der Waals surface area contributed by atoms with Crippen molar-refractivity contribution in [3.05, 3.63) is 35.9 Å². The molecule has 172 valence electrons. The van der Waals surface area contributed by atoms with Crippen LogP contribution in [0.1, 0.15) is 37.7 Å². The van der Waals surface area contributed by atoms with E-state index in [1.54, 1.807) is 19.0 Å². The first-order valence-corrected chi connectivity index (χ1v) is 11.7. The third kappa shape index (κ3) is 7.21. The van der Waals surface area contributed by atoms with Crippen LogP contribution in [-0.4, -0.2) is 88.2 Å². The Bertz CT molecular complexity index is 695. The van der Waals surface area contributed by atoms with E-state index in [0.717, 1.165) is 58.3 Å². The van der Waals surface area contributed by atoms with Gasteiger partial charge in [0, 0.05) is 45.7 Å². The minimum Gasteiger partial charge on any atom is -0.379 e. The standard InChI is InChI=1S/C24H39N5O2/c1-28(2)22(30)19-26-23(25-13-8-14-29-15-17-31-18-16-29)27-20-24(11-6-7-12-24)21-9-4-3-5-10-21/h3-5,9-10H,6-8,11-20H2,1-2H3,(H2,25,26,27). The molecule has 2 N–H and O–H groups in total. The van der Waals surface area contributed by atoms with E-state index < -0.39 is 0 Å². The molecule has 0 unspecified atom stereocenters. The van der Waals surface area contributed by atoms with Crippen molar-refractivity contribution < 1.29 is 9.53 Å². The van der Waals surface area contributed by atoms with Crippen LogP contribution in [-0.2, 0) is 14.9 Å². The third-order valence-corrected chi connectivity index (χ3v) is 6.46. The SMILES string of the molecule is CN(C)C(=O)CN=C(NCCCN1CCOCC1)NCC1(c2ccccc2)CCCC1. The predicted octanol–water partition coefficient (Wildman–Crippen LogP) is 1.84. The number of nitrogens with one attached hydrogen (secondary N) is 2. The van der Waals surface area contributed by atoms with Crippen LogP contribution >= 0.6 is 0 Å². The molecule has 1 aliphatic carbocycles. The molecule has 0 bridgehead atoms. The highest BCUT2D eigenvalue weighted by molar-refractivity contribution is 5.84. The van der Waals surface area contributed by atoms with Gasteiger partial charge >= 0.3 is 0 Å². The number of benzene rings is 1. The molecule has 1 heterocycles. The Morgan fingerprint density at radius 2 is 1.84 bits per heavy atom. The summed E-state index contributed by atoms with van der Waals surface area (Å²) in [5.74, 6) is 0.743. The zero-order chi connectivity index (χ0) is 21.9. The molecule has 7 nitrogen and oxygen atoms in total. The maximum Gasteiger partial charge on any atom is 0.243 e. The summed E-state index contributed by atoms with van der Waals surface area (Å²) in [7, 11) is 3.54. The number of hydrogen-bond acceptors (Lipinski definition) is 4. The molecule has 1 amide bonds. The van der Waals surface area contributed by atoms with E-state index in [9.17, 15) is 4.79 Å². The number of morpholine rings is 1. The van der Waals surface area contributed by atoms with Crippen LogP contribution in [0.4, 0.5) is 0 Å². The van der Waals surface area contributed by atoms with Gasteiger partial charge in [0.2, 0.25) is 5.91 Å². The minimum atomic E-state index is 0.00746. The number of nitrogens with zero attached hydrogens (tertiary/aromatic N) is 3. The van der Waals surface area contributed by atoms with Gasteiger partial charge in [-0.3, -0.25) is 9.69 Å². The fraction of sp³-hybridized carbons (Fsp3) is 0.667. The van der Waals surface area contributed by atoms with Crippen molar-refractivity contribution in [1.29, 1.82) is 0 Å². The van der Waals surface area contributed by atoms with E-state index in [1.807, 2.05) is 0 Å². The molecule has 31 heavy (non-hydrogen) atoms. The zero-order valence-corrected chi connectivity index (χ0v) is 19.2. The Kier molecular flexibility index (Phi) is 9.15. The highest BCUT2D eigenvalue weighted by Crippen LogP contribution is 2.40. The number of carbonyl (C=O) groups is 1. The second-order valence-electron chi connectivity index (χ2n) is 8.89. The number of rotatable bonds is 9. The molecule has 1 aromatic rings. The smallest absolute Gasteiger partial charge is 0.243 e. The molecular formula is C24H39N5O2. The van der Waals surface area contributed by atoms with Gasteiger partial charge in [-0.05, 0) is 31.4 Å². The van der Waals surface area contributed by atoms with E-state index in [2.05, 4.69) is 50.9 Å². The monoisotopic (exact) mass is 429 g/mol. The summed E-state index contributed by atoms with van der Waals surface area (Å²) in [6, 6.07) is 10.8. The molecule has 2 aliphatic rings. The van der Waals surface area contributed by atoms with E-state index >= 15 is 0 Å². The number of amides is 1. The number of guanidine groups is 1. The summed E-state index contributed by atoms with van der Waals surface area (Å²) in [5, 5.41) is 7.02. The van der Waals surface area contributed by atoms with Crippen LogP contribution in [0.5, 0.6) is 0 Å². The number of hydrogen-bond donors (Lipinski definition) is 2. The average Bonchev–Trinajstić information content (AvgIpc) is 3.29. The lowest BCUT2D eigenvalue weighted by molar-refractivity contribution is -0.127. The summed E-state index contributed by atoms with van der Waals surface area (Å²) in [5.41, 5.74) is 1.54. The van der Waals surface area contributed by atoms with Crippen LogP contribution < -0.4 is 10.6 Å². The van der Waals surface area contributed by atoms with Crippen molar-refractivity contribution in [3.8, 4) is 0 Å². The van der Waals surface area contributed by atoms with E-state index in [1.165, 1.54) is 31.2 Å². The molecule has 1 aromatic carbocycles. The molecule has 2 fully saturated rings. The first kappa shape index (κ1) is 23.5. The first-order chi connectivity index (χ1) is 15.1. The van der Waals surface area contributed by atoms with E-state index in [4.69, 9.17) is 4.74 Å². The average molecular weight is 430 g/mol. The largest absolute Gasteiger partial charge is 0.379 e. The molecular weight excluding hydrogens is 390 g/mol.